The van der Waals surface area contributed by atoms with Crippen molar-refractivity contribution in [2.45, 2.75) is 0 Å². The van der Waals surface area contributed by atoms with Gasteiger partial charge in [0.25, 0.3) is 0 Å². The van der Waals surface area contributed by atoms with Crippen LogP contribution in [0.1, 0.15) is 0 Å². The van der Waals surface area contributed by atoms with E-state index < -0.39 is 0 Å². The molecule has 4 rings (SSSR count). The van der Waals surface area contributed by atoms with Gasteiger partial charge < -0.3 is 14.5 Å². The van der Waals surface area contributed by atoms with Crippen molar-refractivity contribution in [1.29, 1.82) is 0 Å². The second kappa shape index (κ2) is 4.38. The van der Waals surface area contributed by atoms with Gasteiger partial charge in [-0.2, -0.15) is 0 Å². The van der Waals surface area contributed by atoms with E-state index in [1.54, 1.807) is 14.2 Å². The molecule has 2 heterocycles. The number of pyridine rings is 1. The summed E-state index contributed by atoms with van der Waals surface area (Å²) in [6, 6.07) is 14.2. The molecule has 1 N–H and O–H groups in total. The summed E-state index contributed by atoms with van der Waals surface area (Å²) in [6.07, 6.45) is 0. The van der Waals surface area contributed by atoms with Crippen molar-refractivity contribution < 1.29 is 9.47 Å². The van der Waals surface area contributed by atoms with Gasteiger partial charge in [0.1, 0.15) is 5.65 Å². The number of nitrogens with zero attached hydrogens (tertiary/aromatic N) is 1. The summed E-state index contributed by atoms with van der Waals surface area (Å²) in [5, 5.41) is 3.33. The quantitative estimate of drug-likeness (QED) is 0.605. The van der Waals surface area contributed by atoms with Gasteiger partial charge in [0, 0.05) is 27.7 Å². The lowest BCUT2D eigenvalue weighted by Crippen LogP contribution is -1.91. The Morgan fingerprint density at radius 3 is 2.48 bits per heavy atom. The van der Waals surface area contributed by atoms with Crippen LogP contribution >= 0.6 is 0 Å². The van der Waals surface area contributed by atoms with Gasteiger partial charge in [-0.15, -0.1) is 0 Å². The number of aromatic nitrogens is 2. The van der Waals surface area contributed by atoms with Crippen molar-refractivity contribution in [3.8, 4) is 11.5 Å². The first-order valence-electron chi connectivity index (χ1n) is 6.73. The molecule has 0 bridgehead atoms. The molecule has 2 aromatic heterocycles. The number of rotatable bonds is 2. The summed E-state index contributed by atoms with van der Waals surface area (Å²) in [5.74, 6) is 1.40. The van der Waals surface area contributed by atoms with Gasteiger partial charge in [-0.1, -0.05) is 18.2 Å². The molecule has 0 spiro atoms. The SMILES string of the molecule is COc1cc2cc3c(nc2cc1OC)[nH]c1ccccc13. The van der Waals surface area contributed by atoms with Crippen LogP contribution in [0.4, 0.5) is 0 Å². The highest BCUT2D eigenvalue weighted by Gasteiger charge is 2.10. The predicted molar refractivity (Wildman–Crippen MR) is 84.2 cm³/mol. The number of aromatic amines is 1. The summed E-state index contributed by atoms with van der Waals surface area (Å²) in [7, 11) is 3.27. The number of hydrogen-bond donors (Lipinski definition) is 1. The fourth-order valence-electron chi connectivity index (χ4n) is 2.76. The first-order chi connectivity index (χ1) is 10.3. The number of methoxy groups -OCH3 is 2. The highest BCUT2D eigenvalue weighted by Crippen LogP contribution is 2.34. The van der Waals surface area contributed by atoms with Crippen LogP contribution in [-0.4, -0.2) is 24.2 Å². The summed E-state index contributed by atoms with van der Waals surface area (Å²) < 4.78 is 10.7. The Morgan fingerprint density at radius 2 is 1.67 bits per heavy atom. The Kier molecular flexibility index (Phi) is 2.51. The summed E-state index contributed by atoms with van der Waals surface area (Å²) in [4.78, 5) is 8.06. The van der Waals surface area contributed by atoms with E-state index in [1.165, 1.54) is 5.39 Å². The van der Waals surface area contributed by atoms with Crippen molar-refractivity contribution in [2.75, 3.05) is 14.2 Å². The average Bonchev–Trinajstić information content (AvgIpc) is 2.88. The van der Waals surface area contributed by atoms with Crippen molar-refractivity contribution in [1.82, 2.24) is 9.97 Å². The zero-order valence-electron chi connectivity index (χ0n) is 11.8. The number of nitrogens with one attached hydrogen (secondary N) is 1. The average molecular weight is 278 g/mol. The maximum atomic E-state index is 5.36. The largest absolute Gasteiger partial charge is 0.493 e. The van der Waals surface area contributed by atoms with Crippen LogP contribution in [0.2, 0.25) is 0 Å². The van der Waals surface area contributed by atoms with E-state index in [4.69, 9.17) is 14.5 Å². The molecule has 0 atom stereocenters. The first-order valence-corrected chi connectivity index (χ1v) is 6.73. The second-order valence-corrected chi connectivity index (χ2v) is 4.96. The number of ether oxygens (including phenoxy) is 2. The van der Waals surface area contributed by atoms with Crippen LogP contribution in [0.15, 0.2) is 42.5 Å². The summed E-state index contributed by atoms with van der Waals surface area (Å²) >= 11 is 0. The van der Waals surface area contributed by atoms with Gasteiger partial charge in [0.15, 0.2) is 11.5 Å². The van der Waals surface area contributed by atoms with Crippen molar-refractivity contribution in [3.63, 3.8) is 0 Å². The van der Waals surface area contributed by atoms with E-state index in [0.717, 1.165) is 27.5 Å². The lowest BCUT2D eigenvalue weighted by molar-refractivity contribution is 0.356. The van der Waals surface area contributed by atoms with Crippen LogP contribution in [0.3, 0.4) is 0 Å². The first kappa shape index (κ1) is 12.0. The van der Waals surface area contributed by atoms with Gasteiger partial charge in [0.2, 0.25) is 0 Å². The lowest BCUT2D eigenvalue weighted by atomic mass is 10.1. The molecule has 4 nitrogen and oxygen atoms in total. The zero-order valence-corrected chi connectivity index (χ0v) is 11.8. The Balaban J connectivity index is 2.12. The highest BCUT2D eigenvalue weighted by molar-refractivity contribution is 6.09. The fraction of sp³-hybridized carbons (Fsp3) is 0.118. The second-order valence-electron chi connectivity index (χ2n) is 4.96. The maximum Gasteiger partial charge on any atom is 0.162 e. The Bertz CT molecular complexity index is 973. The minimum atomic E-state index is 0.688. The number of hydrogen-bond acceptors (Lipinski definition) is 3. The molecule has 0 aliphatic heterocycles. The molecule has 0 unspecified atom stereocenters. The smallest absolute Gasteiger partial charge is 0.162 e. The topological polar surface area (TPSA) is 47.1 Å². The molecule has 0 amide bonds. The zero-order chi connectivity index (χ0) is 14.4. The number of H-pyrrole nitrogens is 1. The van der Waals surface area contributed by atoms with Crippen LogP contribution in [0.5, 0.6) is 11.5 Å². The molecule has 0 aliphatic carbocycles. The van der Waals surface area contributed by atoms with E-state index >= 15 is 0 Å². The monoisotopic (exact) mass is 278 g/mol. The third kappa shape index (κ3) is 1.72. The number of para-hydroxylation sites is 1. The normalized spacial score (nSPS) is 11.3. The molecule has 0 radical (unpaired) electrons. The summed E-state index contributed by atoms with van der Waals surface area (Å²) in [6.45, 7) is 0. The van der Waals surface area contributed by atoms with E-state index in [0.29, 0.717) is 11.5 Å². The molecule has 21 heavy (non-hydrogen) atoms. The van der Waals surface area contributed by atoms with Crippen LogP contribution in [-0.2, 0) is 0 Å². The van der Waals surface area contributed by atoms with E-state index in [1.807, 2.05) is 24.3 Å². The van der Waals surface area contributed by atoms with Gasteiger partial charge in [-0.05, 0) is 18.2 Å². The van der Waals surface area contributed by atoms with Crippen LogP contribution < -0.4 is 9.47 Å². The van der Waals surface area contributed by atoms with Crippen molar-refractivity contribution in [2.24, 2.45) is 0 Å². The van der Waals surface area contributed by atoms with Gasteiger partial charge in [-0.3, -0.25) is 0 Å². The fourth-order valence-corrected chi connectivity index (χ4v) is 2.76. The van der Waals surface area contributed by atoms with Crippen LogP contribution in [0, 0.1) is 0 Å². The van der Waals surface area contributed by atoms with E-state index in [-0.39, 0.29) is 0 Å². The Hall–Kier alpha value is -2.75. The predicted octanol–water partition coefficient (Wildman–Crippen LogP) is 3.89. The standard InChI is InChI=1S/C17H14N2O2/c1-20-15-8-10-7-12-11-5-3-4-6-13(11)18-17(12)19-14(10)9-16(15)21-2/h3-9H,1-2H3,(H,18,19). The maximum absolute atomic E-state index is 5.36. The molecule has 0 saturated heterocycles. The third-order valence-corrected chi connectivity index (χ3v) is 3.79. The molecule has 4 aromatic rings. The molecule has 0 fully saturated rings. The van der Waals surface area contributed by atoms with E-state index in [2.05, 4.69) is 23.2 Å². The highest BCUT2D eigenvalue weighted by atomic mass is 16.5. The molecule has 4 heteroatoms. The molecular formula is C17H14N2O2. The summed E-state index contributed by atoms with van der Waals surface area (Å²) in [5.41, 5.74) is 2.86. The van der Waals surface area contributed by atoms with Crippen molar-refractivity contribution >= 4 is 32.8 Å². The Morgan fingerprint density at radius 1 is 0.905 bits per heavy atom. The minimum absolute atomic E-state index is 0.688. The number of benzene rings is 2. The molecule has 0 saturated carbocycles. The van der Waals surface area contributed by atoms with E-state index in [9.17, 15) is 0 Å². The van der Waals surface area contributed by atoms with Gasteiger partial charge in [-0.25, -0.2) is 4.98 Å². The van der Waals surface area contributed by atoms with Crippen molar-refractivity contribution in [3.05, 3.63) is 42.5 Å². The number of fused-ring (bicyclic) bond motifs is 4. The minimum Gasteiger partial charge on any atom is -0.493 e. The Labute approximate surface area is 121 Å². The molecule has 104 valence electrons. The van der Waals surface area contributed by atoms with Gasteiger partial charge >= 0.3 is 0 Å². The third-order valence-electron chi connectivity index (χ3n) is 3.79. The molecule has 0 aliphatic rings. The van der Waals surface area contributed by atoms with Gasteiger partial charge in [0.05, 0.1) is 19.7 Å². The molecule has 2 aromatic carbocycles. The molecular weight excluding hydrogens is 264 g/mol. The lowest BCUT2D eigenvalue weighted by Gasteiger charge is -2.08. The van der Waals surface area contributed by atoms with Crippen LogP contribution in [0.25, 0.3) is 32.8 Å².